The fourth-order valence-corrected chi connectivity index (χ4v) is 5.16. The van der Waals surface area contributed by atoms with Gasteiger partial charge in [-0.1, -0.05) is 12.1 Å². The van der Waals surface area contributed by atoms with E-state index in [1.165, 1.54) is 16.9 Å². The number of carbonyl (C=O) groups excluding carboxylic acids is 1. The van der Waals surface area contributed by atoms with Crippen molar-refractivity contribution < 1.29 is 23.8 Å². The third kappa shape index (κ3) is 5.33. The van der Waals surface area contributed by atoms with Gasteiger partial charge in [-0.3, -0.25) is 9.59 Å². The standard InChI is InChI=1S/C28H26N2O5S/c1-17-24(12-13-34-22-10-11-23-19(15-22)4-5-20(23)16-26(31)32)30-28(35-17)18-6-8-21(9-7-18)29-27(33)25-3-2-14-36-25/h2-3,6-11,14-15,20H,4-5,12-13,16H2,1H3,(H,29,33)(H,31,32)/t20-/m0/s1. The van der Waals surface area contributed by atoms with E-state index in [9.17, 15) is 9.59 Å². The molecule has 2 aromatic carbocycles. The largest absolute Gasteiger partial charge is 0.493 e. The van der Waals surface area contributed by atoms with Crippen molar-refractivity contribution in [3.63, 3.8) is 0 Å². The number of nitrogens with zero attached hydrogens (tertiary/aromatic N) is 1. The molecule has 184 valence electrons. The number of fused-ring (bicyclic) bond motifs is 1. The van der Waals surface area contributed by atoms with Gasteiger partial charge in [-0.05, 0) is 84.7 Å². The number of carboxylic acids is 1. The highest BCUT2D eigenvalue weighted by atomic mass is 32.1. The number of ether oxygens (including phenoxy) is 1. The Bertz CT molecular complexity index is 1380. The van der Waals surface area contributed by atoms with Gasteiger partial charge in [-0.25, -0.2) is 4.98 Å². The molecule has 1 atom stereocenters. The van der Waals surface area contributed by atoms with Crippen LogP contribution in [0.15, 0.2) is 64.4 Å². The molecule has 4 aromatic rings. The first-order valence-corrected chi connectivity index (χ1v) is 12.7. The van der Waals surface area contributed by atoms with E-state index in [0.717, 1.165) is 41.2 Å². The summed E-state index contributed by atoms with van der Waals surface area (Å²) in [6.45, 7) is 2.34. The SMILES string of the molecule is Cc1oc(-c2ccc(NC(=O)c3cccs3)cc2)nc1CCOc1ccc2c(c1)CC[C@H]2CC(=O)O. The molecule has 0 fully saturated rings. The number of aromatic nitrogens is 1. The molecule has 1 aliphatic rings. The van der Waals surface area contributed by atoms with E-state index in [0.29, 0.717) is 29.5 Å². The number of carboxylic acid groups (broad SMARTS) is 1. The Balaban J connectivity index is 1.17. The maximum atomic E-state index is 12.2. The number of nitrogens with one attached hydrogen (secondary N) is 1. The van der Waals surface area contributed by atoms with E-state index in [1.807, 2.05) is 60.8 Å². The molecule has 0 spiro atoms. The van der Waals surface area contributed by atoms with Gasteiger partial charge < -0.3 is 19.6 Å². The molecule has 2 heterocycles. The zero-order valence-corrected chi connectivity index (χ0v) is 20.6. The molecule has 0 bridgehead atoms. The van der Waals surface area contributed by atoms with Crippen LogP contribution in [0.2, 0.25) is 0 Å². The molecule has 2 N–H and O–H groups in total. The summed E-state index contributed by atoms with van der Waals surface area (Å²) in [5.74, 6) is 1.26. The Kier molecular flexibility index (Phi) is 6.86. The predicted octanol–water partition coefficient (Wildman–Crippen LogP) is 6.09. The van der Waals surface area contributed by atoms with Gasteiger partial charge in [-0.2, -0.15) is 0 Å². The number of hydrogen-bond acceptors (Lipinski definition) is 6. The van der Waals surface area contributed by atoms with Crippen LogP contribution >= 0.6 is 11.3 Å². The summed E-state index contributed by atoms with van der Waals surface area (Å²) in [6, 6.07) is 17.0. The summed E-state index contributed by atoms with van der Waals surface area (Å²) >= 11 is 1.40. The molecule has 5 rings (SSSR count). The quantitative estimate of drug-likeness (QED) is 0.287. The number of thiophene rings is 1. The molecule has 1 aliphatic carbocycles. The van der Waals surface area contributed by atoms with E-state index in [-0.39, 0.29) is 18.2 Å². The van der Waals surface area contributed by atoms with Gasteiger partial charge in [0.1, 0.15) is 11.5 Å². The number of hydrogen-bond donors (Lipinski definition) is 2. The zero-order chi connectivity index (χ0) is 25.1. The molecule has 0 radical (unpaired) electrons. The summed E-state index contributed by atoms with van der Waals surface area (Å²) in [4.78, 5) is 28.6. The minimum Gasteiger partial charge on any atom is -0.493 e. The van der Waals surface area contributed by atoms with Crippen molar-refractivity contribution in [2.75, 3.05) is 11.9 Å². The average molecular weight is 503 g/mol. The van der Waals surface area contributed by atoms with Crippen molar-refractivity contribution in [2.45, 2.75) is 38.5 Å². The second-order valence-corrected chi connectivity index (χ2v) is 9.77. The van der Waals surface area contributed by atoms with Gasteiger partial charge in [0.2, 0.25) is 5.89 Å². The molecule has 0 unspecified atom stereocenters. The third-order valence-electron chi connectivity index (χ3n) is 6.37. The maximum Gasteiger partial charge on any atom is 0.303 e. The van der Waals surface area contributed by atoms with Crippen molar-refractivity contribution in [1.29, 1.82) is 0 Å². The van der Waals surface area contributed by atoms with Crippen LogP contribution < -0.4 is 10.1 Å². The summed E-state index contributed by atoms with van der Waals surface area (Å²) in [5, 5.41) is 13.9. The van der Waals surface area contributed by atoms with Crippen LogP contribution in [0.3, 0.4) is 0 Å². The Morgan fingerprint density at radius 1 is 1.19 bits per heavy atom. The summed E-state index contributed by atoms with van der Waals surface area (Å²) in [6.07, 6.45) is 2.53. The number of aliphatic carboxylic acids is 1. The Labute approximate surface area is 212 Å². The highest BCUT2D eigenvalue weighted by molar-refractivity contribution is 7.12. The lowest BCUT2D eigenvalue weighted by Gasteiger charge is -2.10. The summed E-state index contributed by atoms with van der Waals surface area (Å²) in [7, 11) is 0. The molecular weight excluding hydrogens is 476 g/mol. The molecule has 8 heteroatoms. The molecule has 0 aliphatic heterocycles. The maximum absolute atomic E-state index is 12.2. The molecule has 0 saturated heterocycles. The molecule has 2 aromatic heterocycles. The van der Waals surface area contributed by atoms with Crippen molar-refractivity contribution in [3.05, 3.63) is 87.4 Å². The van der Waals surface area contributed by atoms with E-state index >= 15 is 0 Å². The van der Waals surface area contributed by atoms with E-state index < -0.39 is 5.97 Å². The van der Waals surface area contributed by atoms with Crippen LogP contribution in [0.1, 0.15) is 51.0 Å². The van der Waals surface area contributed by atoms with Gasteiger partial charge in [0.25, 0.3) is 5.91 Å². The molecule has 0 saturated carbocycles. The fourth-order valence-electron chi connectivity index (χ4n) is 4.54. The van der Waals surface area contributed by atoms with Crippen LogP contribution in [0, 0.1) is 6.92 Å². The van der Waals surface area contributed by atoms with Gasteiger partial charge in [0.15, 0.2) is 0 Å². The Hall–Kier alpha value is -3.91. The van der Waals surface area contributed by atoms with Crippen LogP contribution in [0.5, 0.6) is 5.75 Å². The topological polar surface area (TPSA) is 102 Å². The predicted molar refractivity (Wildman–Crippen MR) is 138 cm³/mol. The Morgan fingerprint density at radius 2 is 2.03 bits per heavy atom. The number of anilines is 1. The number of aryl methyl sites for hydroxylation is 2. The molecule has 7 nitrogen and oxygen atoms in total. The number of benzene rings is 2. The van der Waals surface area contributed by atoms with Crippen LogP contribution in [0.25, 0.3) is 11.5 Å². The third-order valence-corrected chi connectivity index (χ3v) is 7.24. The number of amides is 1. The van der Waals surface area contributed by atoms with Crippen molar-refractivity contribution in [1.82, 2.24) is 4.98 Å². The highest BCUT2D eigenvalue weighted by Crippen LogP contribution is 2.37. The molecular formula is C28H26N2O5S. The van der Waals surface area contributed by atoms with Crippen LogP contribution in [-0.2, 0) is 17.6 Å². The first-order chi connectivity index (χ1) is 17.5. The normalized spacial score (nSPS) is 14.4. The highest BCUT2D eigenvalue weighted by Gasteiger charge is 2.25. The van der Waals surface area contributed by atoms with Crippen LogP contribution in [-0.4, -0.2) is 28.6 Å². The average Bonchev–Trinajstić information content (AvgIpc) is 3.61. The monoisotopic (exact) mass is 502 g/mol. The lowest BCUT2D eigenvalue weighted by Crippen LogP contribution is -2.09. The lowest BCUT2D eigenvalue weighted by molar-refractivity contribution is -0.137. The fraction of sp³-hybridized carbons (Fsp3) is 0.250. The number of rotatable bonds is 9. The smallest absolute Gasteiger partial charge is 0.303 e. The summed E-state index contributed by atoms with van der Waals surface area (Å²) in [5.41, 5.74) is 4.67. The van der Waals surface area contributed by atoms with Crippen molar-refractivity contribution in [3.8, 4) is 17.2 Å². The van der Waals surface area contributed by atoms with Gasteiger partial charge >= 0.3 is 5.97 Å². The van der Waals surface area contributed by atoms with E-state index in [4.69, 9.17) is 14.3 Å². The minimum absolute atomic E-state index is 0.0917. The minimum atomic E-state index is -0.757. The Morgan fingerprint density at radius 3 is 2.78 bits per heavy atom. The first-order valence-electron chi connectivity index (χ1n) is 11.9. The zero-order valence-electron chi connectivity index (χ0n) is 19.8. The van der Waals surface area contributed by atoms with Gasteiger partial charge in [0.05, 0.1) is 23.6 Å². The number of carbonyl (C=O) groups is 2. The number of oxazole rings is 1. The van der Waals surface area contributed by atoms with Crippen molar-refractivity contribution >= 4 is 28.9 Å². The van der Waals surface area contributed by atoms with Gasteiger partial charge in [-0.15, -0.1) is 11.3 Å². The second kappa shape index (κ2) is 10.4. The van der Waals surface area contributed by atoms with Crippen molar-refractivity contribution in [2.24, 2.45) is 0 Å². The van der Waals surface area contributed by atoms with E-state index in [2.05, 4.69) is 10.3 Å². The summed E-state index contributed by atoms with van der Waals surface area (Å²) < 4.78 is 11.9. The van der Waals surface area contributed by atoms with Crippen LogP contribution in [0.4, 0.5) is 5.69 Å². The molecule has 36 heavy (non-hydrogen) atoms. The first kappa shape index (κ1) is 23.8. The lowest BCUT2D eigenvalue weighted by atomic mass is 9.98. The van der Waals surface area contributed by atoms with E-state index in [1.54, 1.807) is 6.07 Å². The second-order valence-electron chi connectivity index (χ2n) is 8.82. The molecule has 1 amide bonds. The van der Waals surface area contributed by atoms with Gasteiger partial charge in [0, 0.05) is 17.7 Å².